The lowest BCUT2D eigenvalue weighted by Gasteiger charge is -2.10. The summed E-state index contributed by atoms with van der Waals surface area (Å²) in [4.78, 5) is 0. The zero-order chi connectivity index (χ0) is 9.30. The molecule has 0 aliphatic heterocycles. The van der Waals surface area contributed by atoms with Crippen LogP contribution in [0.15, 0.2) is 12.1 Å². The molecule has 0 spiro atoms. The minimum atomic E-state index is 0.127. The fraction of sp³-hybridized carbons (Fsp3) is 0.250. The number of rotatable bonds is 1. The molecule has 0 aliphatic carbocycles. The van der Waals surface area contributed by atoms with Gasteiger partial charge >= 0.3 is 0 Å². The molecule has 1 aromatic rings. The molecule has 0 aliphatic rings. The molecule has 1 aromatic carbocycles. The SMILES string of the molecule is CC(N)c1ccc(I)c(I)c1I. The quantitative estimate of drug-likeness (QED) is 0.465. The van der Waals surface area contributed by atoms with E-state index in [4.69, 9.17) is 5.73 Å². The summed E-state index contributed by atoms with van der Waals surface area (Å²) in [5, 5.41) is 0. The third-order valence-corrected chi connectivity index (χ3v) is 6.80. The molecule has 4 heteroatoms. The minimum absolute atomic E-state index is 0.127. The van der Waals surface area contributed by atoms with E-state index in [9.17, 15) is 0 Å². The van der Waals surface area contributed by atoms with Crippen molar-refractivity contribution < 1.29 is 0 Å². The molecule has 0 fully saturated rings. The number of nitrogens with two attached hydrogens (primary N) is 1. The Morgan fingerprint density at radius 1 is 1.17 bits per heavy atom. The third-order valence-electron chi connectivity index (χ3n) is 1.56. The van der Waals surface area contributed by atoms with Crippen LogP contribution in [-0.4, -0.2) is 0 Å². The molecule has 0 radical (unpaired) electrons. The zero-order valence-electron chi connectivity index (χ0n) is 6.44. The van der Waals surface area contributed by atoms with Crippen molar-refractivity contribution in [2.45, 2.75) is 13.0 Å². The first kappa shape index (κ1) is 11.4. The van der Waals surface area contributed by atoms with Crippen molar-refractivity contribution in [2.24, 2.45) is 5.73 Å². The number of hydrogen-bond donors (Lipinski definition) is 1. The molecule has 1 unspecified atom stereocenters. The van der Waals surface area contributed by atoms with Crippen molar-refractivity contribution in [1.82, 2.24) is 0 Å². The lowest BCUT2D eigenvalue weighted by atomic mass is 10.1. The summed E-state index contributed by atoms with van der Waals surface area (Å²) in [5.41, 5.74) is 7.06. The van der Waals surface area contributed by atoms with Crippen LogP contribution in [0.1, 0.15) is 18.5 Å². The second-order valence-electron chi connectivity index (χ2n) is 2.55. The van der Waals surface area contributed by atoms with Gasteiger partial charge in [-0.05, 0) is 86.3 Å². The van der Waals surface area contributed by atoms with Gasteiger partial charge < -0.3 is 5.73 Å². The summed E-state index contributed by atoms with van der Waals surface area (Å²) in [6, 6.07) is 4.35. The monoisotopic (exact) mass is 499 g/mol. The first-order valence-corrected chi connectivity index (χ1v) is 6.66. The second kappa shape index (κ2) is 4.74. The molecule has 2 N–H and O–H groups in total. The van der Waals surface area contributed by atoms with Crippen LogP contribution in [0.25, 0.3) is 0 Å². The summed E-state index contributed by atoms with van der Waals surface area (Å²) < 4.78 is 3.89. The Morgan fingerprint density at radius 2 is 1.75 bits per heavy atom. The molecule has 1 rings (SSSR count). The van der Waals surface area contributed by atoms with Crippen molar-refractivity contribution in [3.63, 3.8) is 0 Å². The van der Waals surface area contributed by atoms with Crippen LogP contribution in [-0.2, 0) is 0 Å². The molecule has 12 heavy (non-hydrogen) atoms. The van der Waals surface area contributed by atoms with Crippen LogP contribution in [0, 0.1) is 10.7 Å². The fourth-order valence-corrected chi connectivity index (χ4v) is 3.31. The zero-order valence-corrected chi connectivity index (χ0v) is 12.9. The molecular formula is C8H8I3N. The van der Waals surface area contributed by atoms with E-state index in [1.807, 2.05) is 6.92 Å². The van der Waals surface area contributed by atoms with E-state index < -0.39 is 0 Å². The normalized spacial score (nSPS) is 13.1. The van der Waals surface area contributed by atoms with E-state index in [1.54, 1.807) is 0 Å². The molecule has 0 bridgehead atoms. The van der Waals surface area contributed by atoms with E-state index in [1.165, 1.54) is 16.3 Å². The highest BCUT2D eigenvalue weighted by Gasteiger charge is 2.09. The Kier molecular flexibility index (Phi) is 4.52. The Labute approximate surface area is 113 Å². The summed E-state index contributed by atoms with van der Waals surface area (Å²) in [6.07, 6.45) is 0. The molecular weight excluding hydrogens is 491 g/mol. The van der Waals surface area contributed by atoms with E-state index in [2.05, 4.69) is 79.9 Å². The van der Waals surface area contributed by atoms with Gasteiger partial charge in [0.05, 0.1) is 0 Å². The van der Waals surface area contributed by atoms with Gasteiger partial charge in [0, 0.05) is 16.8 Å². The standard InChI is InChI=1S/C8H8I3N/c1-4(12)5-2-3-6(9)8(11)7(5)10/h2-4H,12H2,1H3. The topological polar surface area (TPSA) is 26.0 Å². The van der Waals surface area contributed by atoms with Gasteiger partial charge in [0.15, 0.2) is 0 Å². The average molecular weight is 499 g/mol. The molecule has 1 atom stereocenters. The molecule has 0 saturated carbocycles. The van der Waals surface area contributed by atoms with Crippen LogP contribution < -0.4 is 5.73 Å². The Morgan fingerprint density at radius 3 is 2.25 bits per heavy atom. The minimum Gasteiger partial charge on any atom is -0.324 e. The number of benzene rings is 1. The maximum atomic E-state index is 5.82. The van der Waals surface area contributed by atoms with Gasteiger partial charge in [0.25, 0.3) is 0 Å². The van der Waals surface area contributed by atoms with Gasteiger partial charge in [0.2, 0.25) is 0 Å². The van der Waals surface area contributed by atoms with Crippen molar-refractivity contribution in [1.29, 1.82) is 0 Å². The Bertz CT molecular complexity index is 297. The van der Waals surface area contributed by atoms with Crippen molar-refractivity contribution in [3.05, 3.63) is 28.4 Å². The largest absolute Gasteiger partial charge is 0.324 e. The molecule has 0 amide bonds. The van der Waals surface area contributed by atoms with Crippen molar-refractivity contribution >= 4 is 67.8 Å². The van der Waals surface area contributed by atoms with Gasteiger partial charge in [-0.3, -0.25) is 0 Å². The summed E-state index contributed by atoms with van der Waals surface area (Å²) in [6.45, 7) is 2.01. The fourth-order valence-electron chi connectivity index (χ4n) is 0.893. The molecule has 66 valence electrons. The number of halogens is 3. The molecule has 1 nitrogen and oxygen atoms in total. The van der Waals surface area contributed by atoms with Crippen LogP contribution in [0.4, 0.5) is 0 Å². The van der Waals surface area contributed by atoms with Crippen LogP contribution in [0.5, 0.6) is 0 Å². The maximum Gasteiger partial charge on any atom is 0.0400 e. The van der Waals surface area contributed by atoms with E-state index in [-0.39, 0.29) is 6.04 Å². The van der Waals surface area contributed by atoms with Crippen LogP contribution >= 0.6 is 67.8 Å². The van der Waals surface area contributed by atoms with Gasteiger partial charge in [-0.1, -0.05) is 6.07 Å². The first-order valence-electron chi connectivity index (χ1n) is 3.43. The highest BCUT2D eigenvalue weighted by atomic mass is 127. The number of hydrogen-bond acceptors (Lipinski definition) is 1. The lowest BCUT2D eigenvalue weighted by molar-refractivity contribution is 0.811. The Balaban J connectivity index is 3.27. The van der Waals surface area contributed by atoms with Gasteiger partial charge in [-0.15, -0.1) is 0 Å². The van der Waals surface area contributed by atoms with Crippen LogP contribution in [0.2, 0.25) is 0 Å². The van der Waals surface area contributed by atoms with Crippen LogP contribution in [0.3, 0.4) is 0 Å². The van der Waals surface area contributed by atoms with Crippen molar-refractivity contribution in [2.75, 3.05) is 0 Å². The smallest absolute Gasteiger partial charge is 0.0400 e. The van der Waals surface area contributed by atoms with Gasteiger partial charge in [0.1, 0.15) is 0 Å². The van der Waals surface area contributed by atoms with Crippen molar-refractivity contribution in [3.8, 4) is 0 Å². The summed E-state index contributed by atoms with van der Waals surface area (Å²) in [5.74, 6) is 0. The van der Waals surface area contributed by atoms with Gasteiger partial charge in [-0.2, -0.15) is 0 Å². The predicted molar refractivity (Wildman–Crippen MR) is 77.2 cm³/mol. The maximum absolute atomic E-state index is 5.82. The van der Waals surface area contributed by atoms with E-state index in [0.29, 0.717) is 0 Å². The van der Waals surface area contributed by atoms with E-state index >= 15 is 0 Å². The summed E-state index contributed by atoms with van der Waals surface area (Å²) >= 11 is 7.05. The Hall–Kier alpha value is 1.37. The summed E-state index contributed by atoms with van der Waals surface area (Å²) in [7, 11) is 0. The first-order chi connectivity index (χ1) is 5.54. The van der Waals surface area contributed by atoms with Gasteiger partial charge in [-0.25, -0.2) is 0 Å². The molecule has 0 aromatic heterocycles. The highest BCUT2D eigenvalue weighted by molar-refractivity contribution is 14.1. The lowest BCUT2D eigenvalue weighted by Crippen LogP contribution is -2.08. The second-order valence-corrected chi connectivity index (χ2v) is 5.87. The molecule has 0 saturated heterocycles. The molecule has 0 heterocycles. The average Bonchev–Trinajstić information content (AvgIpc) is 2.00. The third kappa shape index (κ3) is 2.44. The predicted octanol–water partition coefficient (Wildman–Crippen LogP) is 3.52. The van der Waals surface area contributed by atoms with E-state index in [0.717, 1.165) is 0 Å². The highest BCUT2D eigenvalue weighted by Crippen LogP contribution is 2.27.